The lowest BCUT2D eigenvalue weighted by Crippen LogP contribution is -2.21. The van der Waals surface area contributed by atoms with Crippen LogP contribution in [0.4, 0.5) is 17.3 Å². The third-order valence-electron chi connectivity index (χ3n) is 3.15. The third-order valence-corrected chi connectivity index (χ3v) is 3.15. The van der Waals surface area contributed by atoms with Crippen molar-refractivity contribution in [1.82, 2.24) is 9.55 Å². The first-order valence-electron chi connectivity index (χ1n) is 5.33. The number of aromatic nitrogens is 2. The summed E-state index contributed by atoms with van der Waals surface area (Å²) < 4.78 is 1.35. The van der Waals surface area contributed by atoms with Crippen molar-refractivity contribution in [3.05, 3.63) is 22.5 Å². The maximum absolute atomic E-state index is 12.0. The molecule has 0 radical (unpaired) electrons. The molecule has 0 saturated carbocycles. The van der Waals surface area contributed by atoms with Crippen molar-refractivity contribution in [2.45, 2.75) is 0 Å². The van der Waals surface area contributed by atoms with Crippen molar-refractivity contribution in [2.75, 3.05) is 29.7 Å². The van der Waals surface area contributed by atoms with E-state index in [1.807, 2.05) is 19.2 Å². The Balaban J connectivity index is 2.42. The number of hydrogen-bond acceptors (Lipinski definition) is 5. The predicted molar refractivity (Wildman–Crippen MR) is 68.3 cm³/mol. The second-order valence-corrected chi connectivity index (χ2v) is 4.25. The Morgan fingerprint density at radius 3 is 2.94 bits per heavy atom. The van der Waals surface area contributed by atoms with E-state index in [0.717, 1.165) is 18.0 Å². The minimum atomic E-state index is -0.119. The van der Waals surface area contributed by atoms with Gasteiger partial charge in [-0.2, -0.15) is 0 Å². The Hall–Kier alpha value is -2.24. The molecule has 2 heterocycles. The predicted octanol–water partition coefficient (Wildman–Crippen LogP) is 0.335. The first-order valence-corrected chi connectivity index (χ1v) is 5.33. The monoisotopic (exact) mass is 231 g/mol. The lowest BCUT2D eigenvalue weighted by Gasteiger charge is -2.11. The van der Waals surface area contributed by atoms with Crippen molar-refractivity contribution < 1.29 is 0 Å². The zero-order chi connectivity index (χ0) is 12.2. The number of anilines is 3. The summed E-state index contributed by atoms with van der Waals surface area (Å²) in [5.41, 5.74) is 8.21. The van der Waals surface area contributed by atoms with Crippen LogP contribution in [-0.4, -0.2) is 23.3 Å². The van der Waals surface area contributed by atoms with Gasteiger partial charge in [0.25, 0.3) is 5.56 Å². The molecule has 0 aliphatic carbocycles. The summed E-state index contributed by atoms with van der Waals surface area (Å²) in [4.78, 5) is 18.3. The summed E-state index contributed by atoms with van der Waals surface area (Å²) in [7, 11) is 3.60. The molecule has 6 nitrogen and oxygen atoms in total. The van der Waals surface area contributed by atoms with Crippen LogP contribution in [0.1, 0.15) is 0 Å². The standard InChI is InChI=1S/C11H13N5O/c1-15-5-13-8-3-6-7(4-9(8)15)14-11(12)16(2)10(6)17/h3-4,13H,5H2,1-2H3,(H2,12,14). The van der Waals surface area contributed by atoms with E-state index >= 15 is 0 Å². The molecule has 0 spiro atoms. The summed E-state index contributed by atoms with van der Waals surface area (Å²) in [6, 6.07) is 3.73. The molecule has 1 aliphatic heterocycles. The lowest BCUT2D eigenvalue weighted by molar-refractivity contribution is 0.861. The maximum Gasteiger partial charge on any atom is 0.262 e. The van der Waals surface area contributed by atoms with Crippen LogP contribution in [0.2, 0.25) is 0 Å². The SMILES string of the molecule is CN1CNc2cc3c(=O)n(C)c(N)nc3cc21. The van der Waals surface area contributed by atoms with Gasteiger partial charge in [-0.1, -0.05) is 0 Å². The van der Waals surface area contributed by atoms with Crippen molar-refractivity contribution in [3.8, 4) is 0 Å². The van der Waals surface area contributed by atoms with Crippen LogP contribution >= 0.6 is 0 Å². The molecular formula is C11H13N5O. The molecule has 0 amide bonds. The molecule has 88 valence electrons. The lowest BCUT2D eigenvalue weighted by atomic mass is 10.2. The minimum Gasteiger partial charge on any atom is -0.369 e. The van der Waals surface area contributed by atoms with Gasteiger partial charge in [0.05, 0.1) is 28.9 Å². The van der Waals surface area contributed by atoms with E-state index in [-0.39, 0.29) is 11.5 Å². The van der Waals surface area contributed by atoms with Crippen LogP contribution in [0.15, 0.2) is 16.9 Å². The fourth-order valence-electron chi connectivity index (χ4n) is 2.07. The summed E-state index contributed by atoms with van der Waals surface area (Å²) >= 11 is 0. The number of fused-ring (bicyclic) bond motifs is 2. The van der Waals surface area contributed by atoms with Gasteiger partial charge in [-0.15, -0.1) is 0 Å². The van der Waals surface area contributed by atoms with E-state index in [4.69, 9.17) is 5.73 Å². The van der Waals surface area contributed by atoms with Crippen LogP contribution in [0.5, 0.6) is 0 Å². The Bertz CT molecular complexity index is 676. The van der Waals surface area contributed by atoms with Gasteiger partial charge in [-0.3, -0.25) is 9.36 Å². The maximum atomic E-state index is 12.0. The molecule has 0 unspecified atom stereocenters. The molecule has 3 N–H and O–H groups in total. The van der Waals surface area contributed by atoms with Gasteiger partial charge >= 0.3 is 0 Å². The summed E-state index contributed by atoms with van der Waals surface area (Å²) in [5, 5.41) is 3.81. The van der Waals surface area contributed by atoms with Gasteiger partial charge in [0.2, 0.25) is 5.95 Å². The zero-order valence-electron chi connectivity index (χ0n) is 9.69. The Morgan fingerprint density at radius 1 is 1.41 bits per heavy atom. The smallest absolute Gasteiger partial charge is 0.262 e. The minimum absolute atomic E-state index is 0.119. The first kappa shape index (κ1) is 9.95. The number of nitrogens with two attached hydrogens (primary N) is 1. The van der Waals surface area contributed by atoms with Gasteiger partial charge in [0.15, 0.2) is 0 Å². The second-order valence-electron chi connectivity index (χ2n) is 4.25. The third kappa shape index (κ3) is 1.27. The Morgan fingerprint density at radius 2 is 2.18 bits per heavy atom. The van der Waals surface area contributed by atoms with Crippen LogP contribution in [-0.2, 0) is 7.05 Å². The van der Waals surface area contributed by atoms with Crippen molar-refractivity contribution >= 4 is 28.2 Å². The molecule has 0 atom stereocenters. The topological polar surface area (TPSA) is 76.2 Å². The normalized spacial score (nSPS) is 13.9. The quantitative estimate of drug-likeness (QED) is 0.683. The van der Waals surface area contributed by atoms with Gasteiger partial charge in [-0.25, -0.2) is 4.98 Å². The van der Waals surface area contributed by atoms with E-state index in [0.29, 0.717) is 10.9 Å². The molecule has 0 bridgehead atoms. The molecular weight excluding hydrogens is 218 g/mol. The number of nitrogens with one attached hydrogen (secondary N) is 1. The number of nitrogen functional groups attached to an aromatic ring is 1. The fourth-order valence-corrected chi connectivity index (χ4v) is 2.07. The van der Waals surface area contributed by atoms with Crippen molar-refractivity contribution in [2.24, 2.45) is 7.05 Å². The Kier molecular flexibility index (Phi) is 1.83. The van der Waals surface area contributed by atoms with Crippen LogP contribution in [0.3, 0.4) is 0 Å². The molecule has 17 heavy (non-hydrogen) atoms. The van der Waals surface area contributed by atoms with E-state index in [9.17, 15) is 4.79 Å². The highest BCUT2D eigenvalue weighted by atomic mass is 16.1. The van der Waals surface area contributed by atoms with Crippen LogP contribution < -0.4 is 21.5 Å². The molecule has 1 aromatic carbocycles. The molecule has 3 rings (SSSR count). The van der Waals surface area contributed by atoms with Crippen LogP contribution in [0.25, 0.3) is 10.9 Å². The average molecular weight is 231 g/mol. The zero-order valence-corrected chi connectivity index (χ0v) is 9.69. The largest absolute Gasteiger partial charge is 0.369 e. The van der Waals surface area contributed by atoms with Gasteiger partial charge in [-0.05, 0) is 12.1 Å². The molecule has 1 aromatic heterocycles. The molecule has 0 fully saturated rings. The second kappa shape index (κ2) is 3.13. The summed E-state index contributed by atoms with van der Waals surface area (Å²) in [5.74, 6) is 0.232. The molecule has 0 saturated heterocycles. The van der Waals surface area contributed by atoms with Gasteiger partial charge in [0.1, 0.15) is 0 Å². The molecule has 2 aromatic rings. The molecule has 1 aliphatic rings. The molecule has 6 heteroatoms. The van der Waals surface area contributed by atoms with E-state index in [1.54, 1.807) is 7.05 Å². The number of benzene rings is 1. The van der Waals surface area contributed by atoms with E-state index < -0.39 is 0 Å². The highest BCUT2D eigenvalue weighted by molar-refractivity contribution is 5.91. The van der Waals surface area contributed by atoms with Gasteiger partial charge < -0.3 is 16.0 Å². The van der Waals surface area contributed by atoms with Crippen molar-refractivity contribution in [1.29, 1.82) is 0 Å². The van der Waals surface area contributed by atoms with Crippen LogP contribution in [0, 0.1) is 0 Å². The highest BCUT2D eigenvalue weighted by Crippen LogP contribution is 2.32. The summed E-state index contributed by atoms with van der Waals surface area (Å²) in [6.07, 6.45) is 0. The first-order chi connectivity index (χ1) is 8.08. The summed E-state index contributed by atoms with van der Waals surface area (Å²) in [6.45, 7) is 0.738. The van der Waals surface area contributed by atoms with E-state index in [1.165, 1.54) is 4.57 Å². The number of nitrogens with zero attached hydrogens (tertiary/aromatic N) is 3. The average Bonchev–Trinajstić information content (AvgIpc) is 2.66. The van der Waals surface area contributed by atoms with Gasteiger partial charge in [0, 0.05) is 14.1 Å². The highest BCUT2D eigenvalue weighted by Gasteiger charge is 2.17. The van der Waals surface area contributed by atoms with Crippen molar-refractivity contribution in [3.63, 3.8) is 0 Å². The van der Waals surface area contributed by atoms with E-state index in [2.05, 4.69) is 15.2 Å². The Labute approximate surface area is 97.7 Å². The number of hydrogen-bond donors (Lipinski definition) is 2. The fraction of sp³-hybridized carbons (Fsp3) is 0.273. The number of rotatable bonds is 0.